The van der Waals surface area contributed by atoms with Gasteiger partial charge in [0.2, 0.25) is 0 Å². The molecular formula is C22H27FN4O. The molecule has 0 saturated carbocycles. The molecule has 3 heterocycles. The van der Waals surface area contributed by atoms with Crippen LogP contribution < -0.4 is 9.80 Å². The molecule has 2 saturated heterocycles. The molecule has 0 radical (unpaired) electrons. The largest absolute Gasteiger partial charge is 0.368 e. The van der Waals surface area contributed by atoms with Crippen molar-refractivity contribution in [2.45, 2.75) is 19.8 Å². The summed E-state index contributed by atoms with van der Waals surface area (Å²) in [6.45, 7) is 7.11. The van der Waals surface area contributed by atoms with Gasteiger partial charge in [-0.2, -0.15) is 0 Å². The number of carbonyl (C=O) groups excluding carboxylic acids is 1. The first-order valence-corrected chi connectivity index (χ1v) is 10.1. The minimum absolute atomic E-state index is 0.0628. The van der Waals surface area contributed by atoms with Crippen LogP contribution in [-0.2, 0) is 0 Å². The van der Waals surface area contributed by atoms with Crippen LogP contribution in [0.5, 0.6) is 0 Å². The van der Waals surface area contributed by atoms with Gasteiger partial charge in [0, 0.05) is 56.7 Å². The lowest BCUT2D eigenvalue weighted by Crippen LogP contribution is -2.48. The molecule has 0 N–H and O–H groups in total. The Morgan fingerprint density at radius 3 is 2.32 bits per heavy atom. The maximum Gasteiger partial charge on any atom is 0.254 e. The van der Waals surface area contributed by atoms with Gasteiger partial charge in [-0.25, -0.2) is 9.37 Å². The van der Waals surface area contributed by atoms with Crippen LogP contribution >= 0.6 is 0 Å². The lowest BCUT2D eigenvalue weighted by molar-refractivity contribution is 0.0746. The van der Waals surface area contributed by atoms with Gasteiger partial charge < -0.3 is 14.7 Å². The summed E-state index contributed by atoms with van der Waals surface area (Å²) in [5.41, 5.74) is 1.71. The number of carbonyl (C=O) groups is 1. The molecule has 2 fully saturated rings. The highest BCUT2D eigenvalue weighted by Crippen LogP contribution is 2.23. The number of hydrogen-bond acceptors (Lipinski definition) is 4. The van der Waals surface area contributed by atoms with Crippen LogP contribution in [0, 0.1) is 11.7 Å². The molecular weight excluding hydrogens is 355 g/mol. The maximum absolute atomic E-state index is 13.1. The van der Waals surface area contributed by atoms with Gasteiger partial charge in [0.05, 0.1) is 0 Å². The van der Waals surface area contributed by atoms with Gasteiger partial charge >= 0.3 is 0 Å². The van der Waals surface area contributed by atoms with E-state index in [4.69, 9.17) is 0 Å². The van der Waals surface area contributed by atoms with E-state index in [1.54, 1.807) is 18.3 Å². The molecule has 4 rings (SSSR count). The van der Waals surface area contributed by atoms with E-state index < -0.39 is 0 Å². The monoisotopic (exact) mass is 382 g/mol. The summed E-state index contributed by atoms with van der Waals surface area (Å²) in [5, 5.41) is 0. The standard InChI is InChI=1S/C22H27FN4O/c1-17-7-10-26(11-8-17)21-16-18(6-9-24-21)22(28)27-14-12-25(13-15-27)20-4-2-19(23)3-5-20/h2-6,9,16-17H,7-8,10-15H2,1H3. The third-order valence-corrected chi connectivity index (χ3v) is 5.86. The summed E-state index contributed by atoms with van der Waals surface area (Å²) in [7, 11) is 0. The second-order valence-electron chi connectivity index (χ2n) is 7.83. The topological polar surface area (TPSA) is 39.7 Å². The summed E-state index contributed by atoms with van der Waals surface area (Å²) >= 11 is 0. The van der Waals surface area contributed by atoms with Gasteiger partial charge in [0.25, 0.3) is 5.91 Å². The average molecular weight is 382 g/mol. The van der Waals surface area contributed by atoms with Crippen molar-refractivity contribution < 1.29 is 9.18 Å². The zero-order valence-electron chi connectivity index (χ0n) is 16.4. The minimum Gasteiger partial charge on any atom is -0.368 e. The van der Waals surface area contributed by atoms with Crippen LogP contribution in [0.15, 0.2) is 42.6 Å². The Hall–Kier alpha value is -2.63. The molecule has 148 valence electrons. The number of amides is 1. The molecule has 1 aromatic heterocycles. The fraction of sp³-hybridized carbons (Fsp3) is 0.455. The fourth-order valence-corrected chi connectivity index (χ4v) is 3.96. The molecule has 6 heteroatoms. The molecule has 1 amide bonds. The van der Waals surface area contributed by atoms with E-state index >= 15 is 0 Å². The van der Waals surface area contributed by atoms with E-state index in [-0.39, 0.29) is 11.7 Å². The van der Waals surface area contributed by atoms with Gasteiger partial charge in [0.15, 0.2) is 0 Å². The molecule has 0 unspecified atom stereocenters. The van der Waals surface area contributed by atoms with E-state index in [1.807, 2.05) is 17.0 Å². The molecule has 2 aromatic rings. The van der Waals surface area contributed by atoms with Crippen molar-refractivity contribution in [2.75, 3.05) is 49.1 Å². The number of anilines is 2. The first-order valence-electron chi connectivity index (χ1n) is 10.1. The van der Waals surface area contributed by atoms with E-state index in [9.17, 15) is 9.18 Å². The number of nitrogens with zero attached hydrogens (tertiary/aromatic N) is 4. The summed E-state index contributed by atoms with van der Waals surface area (Å²) in [6, 6.07) is 10.3. The molecule has 1 aromatic carbocycles. The number of benzene rings is 1. The third kappa shape index (κ3) is 4.11. The Kier molecular flexibility index (Phi) is 5.46. The van der Waals surface area contributed by atoms with Crippen molar-refractivity contribution in [3.63, 3.8) is 0 Å². The van der Waals surface area contributed by atoms with Crippen LogP contribution in [0.4, 0.5) is 15.9 Å². The highest BCUT2D eigenvalue weighted by molar-refractivity contribution is 5.95. The molecule has 0 bridgehead atoms. The van der Waals surface area contributed by atoms with Gasteiger partial charge in [-0.3, -0.25) is 4.79 Å². The second-order valence-corrected chi connectivity index (χ2v) is 7.83. The summed E-state index contributed by atoms with van der Waals surface area (Å²) < 4.78 is 13.1. The fourth-order valence-electron chi connectivity index (χ4n) is 3.96. The number of aromatic nitrogens is 1. The van der Waals surface area contributed by atoms with Gasteiger partial charge in [-0.05, 0) is 55.2 Å². The Bertz CT molecular complexity index is 810. The maximum atomic E-state index is 13.1. The summed E-state index contributed by atoms with van der Waals surface area (Å²) in [4.78, 5) is 23.8. The van der Waals surface area contributed by atoms with E-state index in [0.29, 0.717) is 18.7 Å². The summed E-state index contributed by atoms with van der Waals surface area (Å²) in [6.07, 6.45) is 4.09. The van der Waals surface area contributed by atoms with Gasteiger partial charge in [-0.15, -0.1) is 0 Å². The molecule has 2 aliphatic heterocycles. The number of rotatable bonds is 3. The smallest absolute Gasteiger partial charge is 0.254 e. The number of halogens is 1. The van der Waals surface area contributed by atoms with E-state index in [1.165, 1.54) is 25.0 Å². The second kappa shape index (κ2) is 8.17. The highest BCUT2D eigenvalue weighted by Gasteiger charge is 2.24. The van der Waals surface area contributed by atoms with E-state index in [2.05, 4.69) is 21.7 Å². The van der Waals surface area contributed by atoms with Gasteiger partial charge in [-0.1, -0.05) is 6.92 Å². The molecule has 5 nitrogen and oxygen atoms in total. The van der Waals surface area contributed by atoms with Crippen LogP contribution in [0.1, 0.15) is 30.1 Å². The van der Waals surface area contributed by atoms with Gasteiger partial charge in [0.1, 0.15) is 11.6 Å². The highest BCUT2D eigenvalue weighted by atomic mass is 19.1. The molecule has 2 aliphatic rings. The predicted octanol–water partition coefficient (Wildman–Crippen LogP) is 3.42. The van der Waals surface area contributed by atoms with Crippen LogP contribution in [0.3, 0.4) is 0 Å². The molecule has 28 heavy (non-hydrogen) atoms. The van der Waals surface area contributed by atoms with Crippen molar-refractivity contribution in [2.24, 2.45) is 5.92 Å². The lowest BCUT2D eigenvalue weighted by atomic mass is 9.99. The van der Waals surface area contributed by atoms with Crippen LogP contribution in [-0.4, -0.2) is 55.1 Å². The first-order chi connectivity index (χ1) is 13.6. The normalized spacial score (nSPS) is 18.4. The quantitative estimate of drug-likeness (QED) is 0.816. The predicted molar refractivity (Wildman–Crippen MR) is 109 cm³/mol. The Labute approximate surface area is 165 Å². The van der Waals surface area contributed by atoms with Crippen LogP contribution in [0.2, 0.25) is 0 Å². The lowest BCUT2D eigenvalue weighted by Gasteiger charge is -2.36. The SMILES string of the molecule is CC1CCN(c2cc(C(=O)N3CCN(c4ccc(F)cc4)CC3)ccn2)CC1. The number of piperazine rings is 1. The number of hydrogen-bond donors (Lipinski definition) is 0. The van der Waals surface area contributed by atoms with Crippen molar-refractivity contribution in [3.05, 3.63) is 54.0 Å². The van der Waals surface area contributed by atoms with E-state index in [0.717, 1.165) is 43.6 Å². The molecule has 0 spiro atoms. The molecule has 0 atom stereocenters. The third-order valence-electron chi connectivity index (χ3n) is 5.86. The van der Waals surface area contributed by atoms with Crippen molar-refractivity contribution in [1.29, 1.82) is 0 Å². The minimum atomic E-state index is -0.228. The van der Waals surface area contributed by atoms with Crippen molar-refractivity contribution >= 4 is 17.4 Å². The van der Waals surface area contributed by atoms with Crippen molar-refractivity contribution in [3.8, 4) is 0 Å². The summed E-state index contributed by atoms with van der Waals surface area (Å²) in [5.74, 6) is 1.50. The number of piperidine rings is 1. The Morgan fingerprint density at radius 2 is 1.64 bits per heavy atom. The zero-order chi connectivity index (χ0) is 19.5. The Morgan fingerprint density at radius 1 is 0.964 bits per heavy atom. The van der Waals surface area contributed by atoms with Crippen LogP contribution in [0.25, 0.3) is 0 Å². The molecule has 0 aliphatic carbocycles. The Balaban J connectivity index is 1.38. The first kappa shape index (κ1) is 18.7. The average Bonchev–Trinajstić information content (AvgIpc) is 2.74. The number of pyridine rings is 1. The zero-order valence-corrected chi connectivity index (χ0v) is 16.4. The van der Waals surface area contributed by atoms with Crippen molar-refractivity contribution in [1.82, 2.24) is 9.88 Å².